The van der Waals surface area contributed by atoms with Crippen molar-refractivity contribution in [3.05, 3.63) is 6.92 Å². The van der Waals surface area contributed by atoms with Crippen LogP contribution in [0.5, 0.6) is 0 Å². The predicted octanol–water partition coefficient (Wildman–Crippen LogP) is -0.228. The van der Waals surface area contributed by atoms with Gasteiger partial charge in [-0.3, -0.25) is 0 Å². The molecule has 0 aromatic rings. The van der Waals surface area contributed by atoms with Crippen LogP contribution >= 0.6 is 0 Å². The first-order chi connectivity index (χ1) is 5.66. The summed E-state index contributed by atoms with van der Waals surface area (Å²) in [6.45, 7) is 9.56. The van der Waals surface area contributed by atoms with Gasteiger partial charge in [-0.1, -0.05) is 0 Å². The minimum atomic E-state index is 0. The molecule has 0 aliphatic carbocycles. The van der Waals surface area contributed by atoms with Crippen molar-refractivity contribution >= 4 is 0 Å². The van der Waals surface area contributed by atoms with E-state index in [2.05, 4.69) is 6.92 Å². The SMILES string of the molecule is CCO.CCO.CCO.[CH2-]CN.[Ti]. The molecule has 0 aromatic carbocycles. The molecule has 0 unspecified atom stereocenters. The zero-order chi connectivity index (χ0) is 10.8. The second-order valence-electron chi connectivity index (χ2n) is 1.24. The zero-order valence-electron chi connectivity index (χ0n) is 8.95. The molecule has 84 valence electrons. The van der Waals surface area contributed by atoms with Crippen LogP contribution in [0.4, 0.5) is 0 Å². The number of hydrogen-bond acceptors (Lipinski definition) is 4. The molecule has 0 aromatic heterocycles. The van der Waals surface area contributed by atoms with Crippen LogP contribution in [0, 0.1) is 6.92 Å². The van der Waals surface area contributed by atoms with E-state index in [-0.39, 0.29) is 41.5 Å². The third-order valence-electron chi connectivity index (χ3n) is 0. The Morgan fingerprint density at radius 2 is 0.923 bits per heavy atom. The number of hydrogen-bond donors (Lipinski definition) is 4. The van der Waals surface area contributed by atoms with Crippen molar-refractivity contribution in [3.63, 3.8) is 0 Å². The summed E-state index contributed by atoms with van der Waals surface area (Å²) in [5.74, 6) is 0. The van der Waals surface area contributed by atoms with E-state index in [1.807, 2.05) is 0 Å². The Labute approximate surface area is 97.0 Å². The number of rotatable bonds is 0. The van der Waals surface area contributed by atoms with Crippen molar-refractivity contribution in [2.45, 2.75) is 20.8 Å². The molecule has 0 heterocycles. The van der Waals surface area contributed by atoms with Gasteiger partial charge in [0.15, 0.2) is 0 Å². The Morgan fingerprint density at radius 3 is 0.923 bits per heavy atom. The largest absolute Gasteiger partial charge is 0.397 e. The number of aliphatic hydroxyl groups is 3. The molecule has 0 rings (SSSR count). The Bertz CT molecular complexity index is 27.4. The van der Waals surface area contributed by atoms with Crippen LogP contribution in [0.1, 0.15) is 20.8 Å². The van der Waals surface area contributed by atoms with E-state index in [0.717, 1.165) is 0 Å². The van der Waals surface area contributed by atoms with E-state index in [4.69, 9.17) is 21.1 Å². The Kier molecular flexibility index (Phi) is 181. The quantitative estimate of drug-likeness (QED) is 0.342. The summed E-state index contributed by atoms with van der Waals surface area (Å²) in [6.07, 6.45) is 0. The van der Waals surface area contributed by atoms with E-state index in [1.54, 1.807) is 20.8 Å². The average molecular weight is 230 g/mol. The van der Waals surface area contributed by atoms with Crippen molar-refractivity contribution in [2.24, 2.45) is 5.73 Å². The Hall–Kier alpha value is 0.554. The topological polar surface area (TPSA) is 86.7 Å². The fourth-order valence-corrected chi connectivity index (χ4v) is 0. The van der Waals surface area contributed by atoms with Crippen molar-refractivity contribution in [1.82, 2.24) is 0 Å². The van der Waals surface area contributed by atoms with Gasteiger partial charge in [0.1, 0.15) is 0 Å². The molecular weight excluding hydrogens is 206 g/mol. The van der Waals surface area contributed by atoms with Crippen LogP contribution in [0.2, 0.25) is 0 Å². The molecule has 0 spiro atoms. The summed E-state index contributed by atoms with van der Waals surface area (Å²) in [6, 6.07) is 0. The van der Waals surface area contributed by atoms with Crippen molar-refractivity contribution < 1.29 is 37.0 Å². The van der Waals surface area contributed by atoms with Gasteiger partial charge in [-0.25, -0.2) is 0 Å². The van der Waals surface area contributed by atoms with Gasteiger partial charge in [0, 0.05) is 41.5 Å². The van der Waals surface area contributed by atoms with Gasteiger partial charge in [0.2, 0.25) is 0 Å². The fourth-order valence-electron chi connectivity index (χ4n) is 0. The molecule has 0 aliphatic heterocycles. The third kappa shape index (κ3) is 4550. The summed E-state index contributed by atoms with van der Waals surface area (Å²) in [5.41, 5.74) is 4.74. The molecule has 0 bridgehead atoms. The maximum atomic E-state index is 7.57. The van der Waals surface area contributed by atoms with Crippen LogP contribution in [0.25, 0.3) is 0 Å². The maximum Gasteiger partial charge on any atom is 0.0402 e. The van der Waals surface area contributed by atoms with Gasteiger partial charge in [-0.05, 0) is 20.8 Å². The van der Waals surface area contributed by atoms with Gasteiger partial charge in [0.25, 0.3) is 0 Å². The summed E-state index contributed by atoms with van der Waals surface area (Å²) in [5, 5.41) is 22.7. The van der Waals surface area contributed by atoms with Crippen molar-refractivity contribution in [2.75, 3.05) is 26.4 Å². The summed E-state index contributed by atoms with van der Waals surface area (Å²) in [4.78, 5) is 0. The second-order valence-corrected chi connectivity index (χ2v) is 1.24. The summed E-state index contributed by atoms with van der Waals surface area (Å²) < 4.78 is 0. The fraction of sp³-hybridized carbons (Fsp3) is 0.875. The number of nitrogens with two attached hydrogens (primary N) is 1. The van der Waals surface area contributed by atoms with Gasteiger partial charge in [-0.2, -0.15) is 0 Å². The first kappa shape index (κ1) is 29.2. The minimum Gasteiger partial charge on any atom is -0.397 e. The van der Waals surface area contributed by atoms with E-state index in [1.165, 1.54) is 0 Å². The number of aliphatic hydroxyl groups excluding tert-OH is 3. The summed E-state index contributed by atoms with van der Waals surface area (Å²) in [7, 11) is 0. The first-order valence-electron chi connectivity index (χ1n) is 3.98. The molecule has 0 aliphatic rings. The molecule has 0 radical (unpaired) electrons. The molecule has 0 amide bonds. The van der Waals surface area contributed by atoms with E-state index >= 15 is 0 Å². The Balaban J connectivity index is -0.0000000213. The van der Waals surface area contributed by atoms with Crippen LogP contribution in [-0.4, -0.2) is 41.7 Å². The van der Waals surface area contributed by atoms with E-state index in [0.29, 0.717) is 6.54 Å². The smallest absolute Gasteiger partial charge is 0.0402 e. The second kappa shape index (κ2) is 80.8. The molecule has 0 atom stereocenters. The van der Waals surface area contributed by atoms with E-state index < -0.39 is 0 Å². The van der Waals surface area contributed by atoms with E-state index in [9.17, 15) is 0 Å². The van der Waals surface area contributed by atoms with Crippen LogP contribution in [0.15, 0.2) is 0 Å². The zero-order valence-corrected chi connectivity index (χ0v) is 10.5. The third-order valence-corrected chi connectivity index (χ3v) is 0. The van der Waals surface area contributed by atoms with Crippen molar-refractivity contribution in [1.29, 1.82) is 0 Å². The van der Waals surface area contributed by atoms with Crippen molar-refractivity contribution in [3.8, 4) is 0 Å². The minimum absolute atomic E-state index is 0. The monoisotopic (exact) mass is 230 g/mol. The predicted molar refractivity (Wildman–Crippen MR) is 52.7 cm³/mol. The molecule has 4 nitrogen and oxygen atoms in total. The first-order valence-corrected chi connectivity index (χ1v) is 3.98. The van der Waals surface area contributed by atoms with Gasteiger partial charge in [0.05, 0.1) is 0 Å². The molecule has 0 saturated carbocycles. The molecule has 0 saturated heterocycles. The van der Waals surface area contributed by atoms with Gasteiger partial charge >= 0.3 is 0 Å². The van der Waals surface area contributed by atoms with Gasteiger partial charge in [-0.15, -0.1) is 6.54 Å². The molecular formula is C8H24NO3Ti-. The van der Waals surface area contributed by atoms with Crippen LogP contribution in [-0.2, 0) is 21.7 Å². The standard InChI is InChI=1S/C2H6N.3C2H6O.Ti/c4*1-2-3;/h1-3H2;3*3H,2H2,1H3;/q-1;;;;. The van der Waals surface area contributed by atoms with Gasteiger partial charge < -0.3 is 28.0 Å². The van der Waals surface area contributed by atoms with Crippen LogP contribution in [0.3, 0.4) is 0 Å². The normalized spacial score (nSPS) is 5.54. The molecule has 5 heteroatoms. The maximum absolute atomic E-state index is 7.57. The average Bonchev–Trinajstić information content (AvgIpc) is 1.92. The molecule has 5 N–H and O–H groups in total. The Morgan fingerprint density at radius 1 is 0.923 bits per heavy atom. The molecule has 0 fully saturated rings. The molecule has 13 heavy (non-hydrogen) atoms. The summed E-state index contributed by atoms with van der Waals surface area (Å²) >= 11 is 0. The van der Waals surface area contributed by atoms with Crippen LogP contribution < -0.4 is 5.73 Å².